The molecule has 0 fully saturated rings. The molecule has 0 saturated carbocycles. The van der Waals surface area contributed by atoms with Crippen LogP contribution in [0.3, 0.4) is 0 Å². The molecule has 0 unspecified atom stereocenters. The van der Waals surface area contributed by atoms with E-state index in [-0.39, 0.29) is 0 Å². The van der Waals surface area contributed by atoms with Crippen LogP contribution in [0.4, 0.5) is 0 Å². The van der Waals surface area contributed by atoms with Gasteiger partial charge in [0.05, 0.1) is 6.61 Å². The van der Waals surface area contributed by atoms with Crippen molar-refractivity contribution in [3.63, 3.8) is 0 Å². The molecule has 0 aromatic heterocycles. The average molecular weight is 461 g/mol. The second kappa shape index (κ2) is 15.8. The summed E-state index contributed by atoms with van der Waals surface area (Å²) >= 11 is 0. The van der Waals surface area contributed by atoms with Crippen molar-refractivity contribution in [1.29, 1.82) is 0 Å². The van der Waals surface area contributed by atoms with E-state index >= 15 is 0 Å². The maximum atomic E-state index is 6.15. The Morgan fingerprint density at radius 1 is 0.500 bits per heavy atom. The summed E-state index contributed by atoms with van der Waals surface area (Å²) in [5.41, 5.74) is 2.27. The minimum Gasteiger partial charge on any atom is -0.490 e. The Morgan fingerprint density at radius 2 is 1.06 bits per heavy atom. The van der Waals surface area contributed by atoms with Crippen LogP contribution in [0.15, 0.2) is 78.9 Å². The molecule has 182 valence electrons. The van der Waals surface area contributed by atoms with Gasteiger partial charge in [-0.15, -0.1) is 0 Å². The Hall–Kier alpha value is -2.94. The van der Waals surface area contributed by atoms with Gasteiger partial charge in [0.15, 0.2) is 11.5 Å². The molecule has 3 rings (SSSR count). The van der Waals surface area contributed by atoms with Gasteiger partial charge in [-0.1, -0.05) is 119 Å². The van der Waals surface area contributed by atoms with Crippen molar-refractivity contribution in [3.05, 3.63) is 90.0 Å². The van der Waals surface area contributed by atoms with Crippen LogP contribution < -0.4 is 14.2 Å². The van der Waals surface area contributed by atoms with Crippen LogP contribution >= 0.6 is 0 Å². The van der Waals surface area contributed by atoms with Gasteiger partial charge in [0.2, 0.25) is 0 Å². The quantitative estimate of drug-likeness (QED) is 0.188. The third-order valence-electron chi connectivity index (χ3n) is 5.91. The van der Waals surface area contributed by atoms with Crippen molar-refractivity contribution in [1.82, 2.24) is 0 Å². The molecule has 0 heterocycles. The Labute approximate surface area is 206 Å². The van der Waals surface area contributed by atoms with Crippen LogP contribution in [-0.2, 0) is 13.2 Å². The third-order valence-corrected chi connectivity index (χ3v) is 5.91. The van der Waals surface area contributed by atoms with Gasteiger partial charge in [-0.05, 0) is 29.7 Å². The molecule has 3 aromatic rings. The van der Waals surface area contributed by atoms with Crippen molar-refractivity contribution in [2.45, 2.75) is 77.9 Å². The van der Waals surface area contributed by atoms with Gasteiger partial charge >= 0.3 is 0 Å². The van der Waals surface area contributed by atoms with E-state index in [1.54, 1.807) is 0 Å². The fourth-order valence-electron chi connectivity index (χ4n) is 3.88. The molecule has 3 aromatic carbocycles. The van der Waals surface area contributed by atoms with Gasteiger partial charge in [-0.2, -0.15) is 0 Å². The van der Waals surface area contributed by atoms with Crippen molar-refractivity contribution >= 4 is 0 Å². The van der Waals surface area contributed by atoms with E-state index < -0.39 is 0 Å². The summed E-state index contributed by atoms with van der Waals surface area (Å²) in [4.78, 5) is 0. The lowest BCUT2D eigenvalue weighted by Crippen LogP contribution is -2.03. The van der Waals surface area contributed by atoms with Crippen LogP contribution in [0.2, 0.25) is 0 Å². The van der Waals surface area contributed by atoms with Gasteiger partial charge in [0.25, 0.3) is 0 Å². The number of hydrogen-bond acceptors (Lipinski definition) is 3. The summed E-state index contributed by atoms with van der Waals surface area (Å²) in [6.45, 7) is 4.00. The minimum absolute atomic E-state index is 0.497. The highest BCUT2D eigenvalue weighted by atomic mass is 16.5. The topological polar surface area (TPSA) is 27.7 Å². The first-order valence-corrected chi connectivity index (χ1v) is 13.0. The molecule has 3 heteroatoms. The highest BCUT2D eigenvalue weighted by Crippen LogP contribution is 2.33. The molecule has 0 amide bonds. The lowest BCUT2D eigenvalue weighted by atomic mass is 10.1. The zero-order valence-corrected chi connectivity index (χ0v) is 20.7. The molecule has 0 N–H and O–H groups in total. The van der Waals surface area contributed by atoms with E-state index in [2.05, 4.69) is 31.2 Å². The van der Waals surface area contributed by atoms with Crippen LogP contribution in [0, 0.1) is 0 Å². The predicted octanol–water partition coefficient (Wildman–Crippen LogP) is 8.75. The smallest absolute Gasteiger partial charge is 0.165 e. The fraction of sp³-hybridized carbons (Fsp3) is 0.419. The van der Waals surface area contributed by atoms with E-state index in [0.29, 0.717) is 19.8 Å². The van der Waals surface area contributed by atoms with Gasteiger partial charge in [-0.3, -0.25) is 0 Å². The fourth-order valence-corrected chi connectivity index (χ4v) is 3.88. The highest BCUT2D eigenvalue weighted by molar-refractivity contribution is 5.45. The Kier molecular flexibility index (Phi) is 11.9. The SMILES string of the molecule is CCCCCCCCCCCOc1ccc(OCc2ccccc2)cc1OCc1ccccc1. The summed E-state index contributed by atoms with van der Waals surface area (Å²) in [6.07, 6.45) is 11.7. The molecule has 0 radical (unpaired) electrons. The Balaban J connectivity index is 1.48. The molecule has 0 aliphatic heterocycles. The maximum absolute atomic E-state index is 6.15. The lowest BCUT2D eigenvalue weighted by Gasteiger charge is -2.15. The molecular weight excluding hydrogens is 420 g/mol. The van der Waals surface area contributed by atoms with Gasteiger partial charge in [-0.25, -0.2) is 0 Å². The first-order chi connectivity index (χ1) is 16.8. The average Bonchev–Trinajstić information content (AvgIpc) is 2.89. The zero-order chi connectivity index (χ0) is 23.7. The van der Waals surface area contributed by atoms with E-state index in [0.717, 1.165) is 34.8 Å². The van der Waals surface area contributed by atoms with E-state index in [4.69, 9.17) is 14.2 Å². The number of benzene rings is 3. The molecule has 0 atom stereocenters. The van der Waals surface area contributed by atoms with Crippen LogP contribution in [0.1, 0.15) is 75.8 Å². The monoisotopic (exact) mass is 460 g/mol. The van der Waals surface area contributed by atoms with Gasteiger partial charge < -0.3 is 14.2 Å². The second-order valence-electron chi connectivity index (χ2n) is 8.83. The summed E-state index contributed by atoms with van der Waals surface area (Å²) in [5, 5.41) is 0. The van der Waals surface area contributed by atoms with Crippen molar-refractivity contribution in [3.8, 4) is 17.2 Å². The number of hydrogen-bond donors (Lipinski definition) is 0. The van der Waals surface area contributed by atoms with Crippen molar-refractivity contribution < 1.29 is 14.2 Å². The summed E-state index contributed by atoms with van der Waals surface area (Å²) in [7, 11) is 0. The number of rotatable bonds is 17. The first kappa shape index (κ1) is 25.7. The van der Waals surface area contributed by atoms with E-state index in [9.17, 15) is 0 Å². The minimum atomic E-state index is 0.497. The molecule has 3 nitrogen and oxygen atoms in total. The summed E-state index contributed by atoms with van der Waals surface area (Å²) in [6, 6.07) is 26.3. The van der Waals surface area contributed by atoms with Gasteiger partial charge in [0, 0.05) is 6.07 Å². The molecule has 0 aliphatic rings. The summed E-state index contributed by atoms with van der Waals surface area (Å²) in [5.74, 6) is 2.29. The Bertz CT molecular complexity index is 908. The van der Waals surface area contributed by atoms with Crippen molar-refractivity contribution in [2.24, 2.45) is 0 Å². The standard InChI is InChI=1S/C31H40O3/c1-2-3-4-5-6-7-8-9-16-23-32-30-22-21-29(33-25-27-17-12-10-13-18-27)24-31(30)34-26-28-19-14-11-15-20-28/h10-15,17-22,24H,2-9,16,23,25-26H2,1H3. The first-order valence-electron chi connectivity index (χ1n) is 13.0. The van der Waals surface area contributed by atoms with Crippen LogP contribution in [0.25, 0.3) is 0 Å². The molecule has 0 spiro atoms. The third kappa shape index (κ3) is 9.91. The van der Waals surface area contributed by atoms with Crippen LogP contribution in [0.5, 0.6) is 17.2 Å². The highest BCUT2D eigenvalue weighted by Gasteiger charge is 2.09. The number of unbranched alkanes of at least 4 members (excludes halogenated alkanes) is 8. The van der Waals surface area contributed by atoms with Crippen molar-refractivity contribution in [2.75, 3.05) is 6.61 Å². The Morgan fingerprint density at radius 3 is 1.68 bits per heavy atom. The number of ether oxygens (including phenoxy) is 3. The van der Waals surface area contributed by atoms with Gasteiger partial charge in [0.1, 0.15) is 19.0 Å². The lowest BCUT2D eigenvalue weighted by molar-refractivity contribution is 0.252. The molecule has 0 bridgehead atoms. The van der Waals surface area contributed by atoms with Crippen LogP contribution in [-0.4, -0.2) is 6.61 Å². The second-order valence-corrected chi connectivity index (χ2v) is 8.83. The largest absolute Gasteiger partial charge is 0.490 e. The van der Waals surface area contributed by atoms with E-state index in [1.165, 1.54) is 51.4 Å². The summed E-state index contributed by atoms with van der Waals surface area (Å²) < 4.78 is 18.3. The predicted molar refractivity (Wildman–Crippen MR) is 141 cm³/mol. The molecular formula is C31H40O3. The maximum Gasteiger partial charge on any atom is 0.165 e. The normalized spacial score (nSPS) is 10.7. The molecule has 0 aliphatic carbocycles. The zero-order valence-electron chi connectivity index (χ0n) is 20.7. The molecule has 34 heavy (non-hydrogen) atoms. The van der Waals surface area contributed by atoms with E-state index in [1.807, 2.05) is 54.6 Å². The molecule has 0 saturated heterocycles.